The van der Waals surface area contributed by atoms with Crippen molar-refractivity contribution in [2.75, 3.05) is 13.7 Å². The molecular formula is C29H32N2O3. The fraction of sp³-hybridized carbons (Fsp3) is 0.276. The number of hydrogen-bond acceptors (Lipinski definition) is 4. The van der Waals surface area contributed by atoms with Crippen LogP contribution in [0.25, 0.3) is 17.1 Å². The molecule has 3 aromatic carbocycles. The molecule has 1 heterocycles. The van der Waals surface area contributed by atoms with Crippen molar-refractivity contribution in [1.29, 1.82) is 0 Å². The van der Waals surface area contributed by atoms with Gasteiger partial charge in [-0.2, -0.15) is 0 Å². The second kappa shape index (κ2) is 10.9. The molecule has 0 aliphatic rings. The standard InChI is InChI=1S/C29H32N2O3/c1-5-9-23-13-15-27(28(19-23)32-4)34-20-29-30-24-10-6-7-11-25(24)31(29)16-8-17-33-26-14-12-21(2)18-22(26)3/h5-7,9-15,18-19H,8,16-17,20H2,1-4H3/b9-5-. The van der Waals surface area contributed by atoms with Crippen LogP contribution in [0.4, 0.5) is 0 Å². The summed E-state index contributed by atoms with van der Waals surface area (Å²) in [7, 11) is 1.66. The number of methoxy groups -OCH3 is 1. The smallest absolute Gasteiger partial charge is 0.161 e. The Hall–Kier alpha value is -3.73. The highest BCUT2D eigenvalue weighted by Crippen LogP contribution is 2.30. The molecule has 0 fully saturated rings. The molecule has 1 aromatic heterocycles. The van der Waals surface area contributed by atoms with Crippen LogP contribution in [0.3, 0.4) is 0 Å². The molecule has 0 atom stereocenters. The summed E-state index contributed by atoms with van der Waals surface area (Å²) in [6.07, 6.45) is 4.90. The molecule has 0 bridgehead atoms. The Morgan fingerprint density at radius 3 is 2.53 bits per heavy atom. The Labute approximate surface area is 201 Å². The van der Waals surface area contributed by atoms with Crippen molar-refractivity contribution in [2.24, 2.45) is 0 Å². The second-order valence-electron chi connectivity index (χ2n) is 8.34. The lowest BCUT2D eigenvalue weighted by Gasteiger charge is -2.14. The summed E-state index contributed by atoms with van der Waals surface area (Å²) >= 11 is 0. The molecule has 34 heavy (non-hydrogen) atoms. The number of benzene rings is 3. The molecule has 5 heteroatoms. The number of aryl methyl sites for hydroxylation is 3. The minimum Gasteiger partial charge on any atom is -0.493 e. The van der Waals surface area contributed by atoms with Gasteiger partial charge in [-0.25, -0.2) is 4.98 Å². The van der Waals surface area contributed by atoms with Gasteiger partial charge in [-0.3, -0.25) is 0 Å². The molecule has 0 saturated heterocycles. The van der Waals surface area contributed by atoms with E-state index in [1.165, 1.54) is 5.56 Å². The van der Waals surface area contributed by atoms with Crippen LogP contribution in [0.15, 0.2) is 66.7 Å². The maximum atomic E-state index is 6.16. The topological polar surface area (TPSA) is 45.5 Å². The zero-order chi connectivity index (χ0) is 23.9. The number of aromatic nitrogens is 2. The van der Waals surface area contributed by atoms with Crippen molar-refractivity contribution in [3.63, 3.8) is 0 Å². The SMILES string of the molecule is C/C=C\c1ccc(OCc2nc3ccccc3n2CCCOc2ccc(C)cc2C)c(OC)c1. The Bertz CT molecular complexity index is 1290. The van der Waals surface area contributed by atoms with Crippen LogP contribution < -0.4 is 14.2 Å². The Kier molecular flexibility index (Phi) is 7.53. The lowest BCUT2D eigenvalue weighted by molar-refractivity contribution is 0.267. The van der Waals surface area contributed by atoms with Gasteiger partial charge in [-0.05, 0) is 68.7 Å². The molecule has 0 amide bonds. The summed E-state index contributed by atoms with van der Waals surface area (Å²) in [6, 6.07) is 20.4. The maximum Gasteiger partial charge on any atom is 0.161 e. The molecule has 5 nitrogen and oxygen atoms in total. The first-order chi connectivity index (χ1) is 16.6. The largest absolute Gasteiger partial charge is 0.493 e. The zero-order valence-electron chi connectivity index (χ0n) is 20.4. The van der Waals surface area contributed by atoms with E-state index >= 15 is 0 Å². The third kappa shape index (κ3) is 5.42. The summed E-state index contributed by atoms with van der Waals surface area (Å²) in [4.78, 5) is 4.84. The lowest BCUT2D eigenvalue weighted by Crippen LogP contribution is -2.10. The molecule has 0 radical (unpaired) electrons. The predicted octanol–water partition coefficient (Wildman–Crippen LogP) is 6.74. The van der Waals surface area contributed by atoms with Crippen LogP contribution in [0.1, 0.15) is 35.9 Å². The van der Waals surface area contributed by atoms with E-state index in [1.807, 2.05) is 61.5 Å². The van der Waals surface area contributed by atoms with E-state index in [9.17, 15) is 0 Å². The molecule has 4 aromatic rings. The minimum atomic E-state index is 0.353. The van der Waals surface area contributed by atoms with Gasteiger partial charge in [0, 0.05) is 6.54 Å². The lowest BCUT2D eigenvalue weighted by atomic mass is 10.1. The predicted molar refractivity (Wildman–Crippen MR) is 138 cm³/mol. The Balaban J connectivity index is 1.47. The van der Waals surface area contributed by atoms with Crippen molar-refractivity contribution in [1.82, 2.24) is 9.55 Å². The molecule has 0 saturated carbocycles. The van der Waals surface area contributed by atoms with E-state index in [1.54, 1.807) is 7.11 Å². The van der Waals surface area contributed by atoms with Gasteiger partial charge in [0.05, 0.1) is 24.8 Å². The summed E-state index contributed by atoms with van der Waals surface area (Å²) in [6.45, 7) is 7.95. The van der Waals surface area contributed by atoms with Crippen LogP contribution in [0.5, 0.6) is 17.2 Å². The van der Waals surface area contributed by atoms with Gasteiger partial charge in [-0.15, -0.1) is 0 Å². The normalized spacial score (nSPS) is 11.3. The fourth-order valence-corrected chi connectivity index (χ4v) is 4.09. The Morgan fingerprint density at radius 1 is 0.912 bits per heavy atom. The maximum absolute atomic E-state index is 6.16. The number of rotatable bonds is 10. The molecule has 0 N–H and O–H groups in total. The molecule has 176 valence electrons. The molecular weight excluding hydrogens is 424 g/mol. The third-order valence-electron chi connectivity index (χ3n) is 5.75. The van der Waals surface area contributed by atoms with Gasteiger partial charge in [0.1, 0.15) is 18.2 Å². The van der Waals surface area contributed by atoms with Crippen LogP contribution in [-0.4, -0.2) is 23.3 Å². The van der Waals surface area contributed by atoms with Crippen molar-refractivity contribution in [2.45, 2.75) is 40.3 Å². The van der Waals surface area contributed by atoms with Gasteiger partial charge >= 0.3 is 0 Å². The Morgan fingerprint density at radius 2 is 1.74 bits per heavy atom. The van der Waals surface area contributed by atoms with E-state index in [2.05, 4.69) is 36.6 Å². The van der Waals surface area contributed by atoms with E-state index in [0.29, 0.717) is 24.7 Å². The average Bonchev–Trinajstić information content (AvgIpc) is 3.19. The first-order valence-corrected chi connectivity index (χ1v) is 11.7. The van der Waals surface area contributed by atoms with E-state index in [0.717, 1.165) is 46.7 Å². The van der Waals surface area contributed by atoms with E-state index in [4.69, 9.17) is 19.2 Å². The number of fused-ring (bicyclic) bond motifs is 1. The molecule has 0 aliphatic carbocycles. The number of para-hydroxylation sites is 2. The van der Waals surface area contributed by atoms with Crippen molar-refractivity contribution < 1.29 is 14.2 Å². The monoisotopic (exact) mass is 456 g/mol. The van der Waals surface area contributed by atoms with Crippen LogP contribution in [-0.2, 0) is 13.2 Å². The number of allylic oxidation sites excluding steroid dienone is 1. The van der Waals surface area contributed by atoms with Gasteiger partial charge < -0.3 is 18.8 Å². The van der Waals surface area contributed by atoms with Crippen molar-refractivity contribution >= 4 is 17.1 Å². The second-order valence-corrected chi connectivity index (χ2v) is 8.34. The quantitative estimate of drug-likeness (QED) is 0.248. The molecule has 0 spiro atoms. The number of ether oxygens (including phenoxy) is 3. The summed E-state index contributed by atoms with van der Waals surface area (Å²) in [5.74, 6) is 3.23. The van der Waals surface area contributed by atoms with Gasteiger partial charge in [0.2, 0.25) is 0 Å². The van der Waals surface area contributed by atoms with Crippen LogP contribution in [0.2, 0.25) is 0 Å². The van der Waals surface area contributed by atoms with E-state index in [-0.39, 0.29) is 0 Å². The van der Waals surface area contributed by atoms with Gasteiger partial charge in [0.15, 0.2) is 11.5 Å². The van der Waals surface area contributed by atoms with Crippen molar-refractivity contribution in [3.05, 3.63) is 89.3 Å². The number of nitrogens with zero attached hydrogens (tertiary/aromatic N) is 2. The summed E-state index contributed by atoms with van der Waals surface area (Å²) in [5, 5.41) is 0. The van der Waals surface area contributed by atoms with Gasteiger partial charge in [-0.1, -0.05) is 48.0 Å². The van der Waals surface area contributed by atoms with Crippen molar-refractivity contribution in [3.8, 4) is 17.2 Å². The first kappa shape index (κ1) is 23.4. The average molecular weight is 457 g/mol. The fourth-order valence-electron chi connectivity index (χ4n) is 4.09. The zero-order valence-corrected chi connectivity index (χ0v) is 20.4. The third-order valence-corrected chi connectivity index (χ3v) is 5.75. The molecule has 0 unspecified atom stereocenters. The highest BCUT2D eigenvalue weighted by atomic mass is 16.5. The summed E-state index contributed by atoms with van der Waals surface area (Å²) in [5.41, 5.74) is 5.54. The molecule has 4 rings (SSSR count). The highest BCUT2D eigenvalue weighted by molar-refractivity contribution is 5.75. The minimum absolute atomic E-state index is 0.353. The number of imidazole rings is 1. The highest BCUT2D eigenvalue weighted by Gasteiger charge is 2.13. The molecule has 0 aliphatic heterocycles. The van der Waals surface area contributed by atoms with Crippen LogP contribution >= 0.6 is 0 Å². The van der Waals surface area contributed by atoms with Gasteiger partial charge in [0.25, 0.3) is 0 Å². The first-order valence-electron chi connectivity index (χ1n) is 11.7. The summed E-state index contributed by atoms with van der Waals surface area (Å²) < 4.78 is 20.0. The number of hydrogen-bond donors (Lipinski definition) is 0. The van der Waals surface area contributed by atoms with E-state index < -0.39 is 0 Å². The van der Waals surface area contributed by atoms with Crippen LogP contribution in [0, 0.1) is 13.8 Å².